The van der Waals surface area contributed by atoms with Crippen molar-refractivity contribution >= 4 is 6.01 Å². The molecule has 2 rings (SSSR count). The van der Waals surface area contributed by atoms with E-state index in [1.54, 1.807) is 7.11 Å². The zero-order valence-corrected chi connectivity index (χ0v) is 13.5. The second kappa shape index (κ2) is 8.22. The van der Waals surface area contributed by atoms with Gasteiger partial charge in [-0.3, -0.25) is 0 Å². The summed E-state index contributed by atoms with van der Waals surface area (Å²) in [6.07, 6.45) is 6.21. The number of nitrogens with zero attached hydrogens (tertiary/aromatic N) is 3. The van der Waals surface area contributed by atoms with E-state index in [0.29, 0.717) is 11.9 Å². The first-order chi connectivity index (χ1) is 10.8. The normalized spacial score (nSPS) is 11.0. The number of allylic oxidation sites excluding steroid dienone is 1. The summed E-state index contributed by atoms with van der Waals surface area (Å²) in [5.41, 5.74) is 0.893. The number of aromatic nitrogens is 2. The Bertz CT molecular complexity index is 590. The van der Waals surface area contributed by atoms with Crippen LogP contribution in [0.3, 0.4) is 0 Å². The second-order valence-electron chi connectivity index (χ2n) is 4.96. The quantitative estimate of drug-likeness (QED) is 0.691. The first-order valence-electron chi connectivity index (χ1n) is 7.62. The zero-order valence-electron chi connectivity index (χ0n) is 13.5. The Morgan fingerprint density at radius 3 is 2.59 bits per heavy atom. The van der Waals surface area contributed by atoms with Crippen molar-refractivity contribution in [2.24, 2.45) is 0 Å². The van der Waals surface area contributed by atoms with Crippen molar-refractivity contribution in [3.05, 3.63) is 36.4 Å². The molecule has 5 heteroatoms. The van der Waals surface area contributed by atoms with Gasteiger partial charge >= 0.3 is 6.01 Å². The van der Waals surface area contributed by atoms with Crippen LogP contribution >= 0.6 is 0 Å². The second-order valence-corrected chi connectivity index (χ2v) is 4.96. The van der Waals surface area contributed by atoms with Crippen molar-refractivity contribution in [2.45, 2.75) is 26.7 Å². The lowest BCUT2D eigenvalue weighted by molar-refractivity contribution is 0.415. The SMILES string of the molecule is C/C=C\CCN(CCC)c1nnc(-c2ccc(OC)cc2)o1. The van der Waals surface area contributed by atoms with Crippen LogP contribution in [0.4, 0.5) is 6.01 Å². The van der Waals surface area contributed by atoms with E-state index in [2.05, 4.69) is 34.2 Å². The van der Waals surface area contributed by atoms with Gasteiger partial charge in [0.15, 0.2) is 0 Å². The molecule has 0 saturated heterocycles. The van der Waals surface area contributed by atoms with Crippen LogP contribution < -0.4 is 9.64 Å². The van der Waals surface area contributed by atoms with Crippen molar-refractivity contribution in [1.29, 1.82) is 0 Å². The molecule has 0 amide bonds. The molecule has 0 aliphatic heterocycles. The molecule has 0 unspecified atom stereocenters. The molecule has 1 heterocycles. The highest BCUT2D eigenvalue weighted by Crippen LogP contribution is 2.24. The maximum absolute atomic E-state index is 5.83. The number of rotatable bonds is 8. The predicted octanol–water partition coefficient (Wildman–Crippen LogP) is 3.93. The third kappa shape index (κ3) is 4.10. The van der Waals surface area contributed by atoms with Gasteiger partial charge in [0.2, 0.25) is 5.89 Å². The molecular weight excluding hydrogens is 278 g/mol. The lowest BCUT2D eigenvalue weighted by atomic mass is 10.2. The van der Waals surface area contributed by atoms with Gasteiger partial charge in [0, 0.05) is 18.7 Å². The minimum Gasteiger partial charge on any atom is -0.497 e. The van der Waals surface area contributed by atoms with E-state index < -0.39 is 0 Å². The zero-order chi connectivity index (χ0) is 15.8. The standard InChI is InChI=1S/C17H23N3O2/c1-4-6-7-13-20(12-5-2)17-19-18-16(22-17)14-8-10-15(21-3)11-9-14/h4,6,8-11H,5,7,12-13H2,1-3H3/b6-4-. The first-order valence-corrected chi connectivity index (χ1v) is 7.62. The summed E-state index contributed by atoms with van der Waals surface area (Å²) < 4.78 is 11.0. The Labute approximate surface area is 131 Å². The highest BCUT2D eigenvalue weighted by Gasteiger charge is 2.14. The van der Waals surface area contributed by atoms with Crippen molar-refractivity contribution in [1.82, 2.24) is 10.2 Å². The summed E-state index contributed by atoms with van der Waals surface area (Å²) in [5, 5.41) is 8.34. The summed E-state index contributed by atoms with van der Waals surface area (Å²) >= 11 is 0. The number of hydrogen-bond acceptors (Lipinski definition) is 5. The maximum Gasteiger partial charge on any atom is 0.318 e. The molecule has 1 aromatic heterocycles. The Morgan fingerprint density at radius 1 is 1.18 bits per heavy atom. The fourth-order valence-corrected chi connectivity index (χ4v) is 2.16. The Balaban J connectivity index is 2.12. The average molecular weight is 301 g/mol. The van der Waals surface area contributed by atoms with E-state index in [4.69, 9.17) is 9.15 Å². The number of anilines is 1. The topological polar surface area (TPSA) is 51.4 Å². The van der Waals surface area contributed by atoms with Gasteiger partial charge in [0.25, 0.3) is 0 Å². The molecule has 22 heavy (non-hydrogen) atoms. The smallest absolute Gasteiger partial charge is 0.318 e. The van der Waals surface area contributed by atoms with Crippen LogP contribution in [0.15, 0.2) is 40.8 Å². The van der Waals surface area contributed by atoms with E-state index in [1.807, 2.05) is 31.2 Å². The molecule has 2 aromatic rings. The molecule has 0 radical (unpaired) electrons. The van der Waals surface area contributed by atoms with Crippen molar-refractivity contribution < 1.29 is 9.15 Å². The van der Waals surface area contributed by atoms with E-state index in [9.17, 15) is 0 Å². The summed E-state index contributed by atoms with van der Waals surface area (Å²) in [6, 6.07) is 8.18. The highest BCUT2D eigenvalue weighted by molar-refractivity contribution is 5.55. The molecule has 0 spiro atoms. The largest absolute Gasteiger partial charge is 0.497 e. The van der Waals surface area contributed by atoms with Gasteiger partial charge in [-0.1, -0.05) is 24.2 Å². The fraction of sp³-hybridized carbons (Fsp3) is 0.412. The maximum atomic E-state index is 5.83. The first kappa shape index (κ1) is 16.1. The van der Waals surface area contributed by atoms with Crippen LogP contribution in [0.5, 0.6) is 5.75 Å². The van der Waals surface area contributed by atoms with Gasteiger partial charge in [-0.25, -0.2) is 0 Å². The molecule has 0 N–H and O–H groups in total. The molecule has 0 atom stereocenters. The molecule has 0 aliphatic rings. The molecule has 0 bridgehead atoms. The Kier molecular flexibility index (Phi) is 6.01. The van der Waals surface area contributed by atoms with Gasteiger partial charge in [0.05, 0.1) is 7.11 Å². The minimum absolute atomic E-state index is 0.532. The highest BCUT2D eigenvalue weighted by atomic mass is 16.5. The van der Waals surface area contributed by atoms with E-state index in [1.165, 1.54) is 0 Å². The van der Waals surface area contributed by atoms with Gasteiger partial charge in [-0.15, -0.1) is 5.10 Å². The van der Waals surface area contributed by atoms with Crippen molar-refractivity contribution in [3.8, 4) is 17.2 Å². The number of hydrogen-bond donors (Lipinski definition) is 0. The number of methoxy groups -OCH3 is 1. The third-order valence-electron chi connectivity index (χ3n) is 3.32. The molecule has 1 aromatic carbocycles. The molecular formula is C17H23N3O2. The molecule has 0 fully saturated rings. The molecule has 5 nitrogen and oxygen atoms in total. The van der Waals surface area contributed by atoms with E-state index >= 15 is 0 Å². The minimum atomic E-state index is 0.532. The van der Waals surface area contributed by atoms with Crippen molar-refractivity contribution in [3.63, 3.8) is 0 Å². The molecule has 0 aliphatic carbocycles. The van der Waals surface area contributed by atoms with Crippen molar-refractivity contribution in [2.75, 3.05) is 25.1 Å². The summed E-state index contributed by atoms with van der Waals surface area (Å²) in [5.74, 6) is 1.34. The molecule has 0 saturated carbocycles. The van der Waals surface area contributed by atoms with E-state index in [-0.39, 0.29) is 0 Å². The lowest BCUT2D eigenvalue weighted by Gasteiger charge is -2.18. The van der Waals surface area contributed by atoms with Crippen LogP contribution in [0.25, 0.3) is 11.5 Å². The summed E-state index contributed by atoms with van der Waals surface area (Å²) in [6.45, 7) is 5.95. The number of benzene rings is 1. The Morgan fingerprint density at radius 2 is 1.95 bits per heavy atom. The van der Waals surface area contributed by atoms with Crippen LogP contribution in [0.2, 0.25) is 0 Å². The summed E-state index contributed by atoms with van der Waals surface area (Å²) in [4.78, 5) is 2.13. The van der Waals surface area contributed by atoms with Crippen LogP contribution in [-0.2, 0) is 0 Å². The fourth-order valence-electron chi connectivity index (χ4n) is 2.16. The summed E-state index contributed by atoms with van der Waals surface area (Å²) in [7, 11) is 1.65. The van der Waals surface area contributed by atoms with Crippen LogP contribution in [0.1, 0.15) is 26.7 Å². The predicted molar refractivity (Wildman–Crippen MR) is 88.2 cm³/mol. The van der Waals surface area contributed by atoms with Gasteiger partial charge in [0.1, 0.15) is 5.75 Å². The monoisotopic (exact) mass is 301 g/mol. The van der Waals surface area contributed by atoms with Crippen LogP contribution in [0, 0.1) is 0 Å². The van der Waals surface area contributed by atoms with Gasteiger partial charge in [-0.05, 0) is 44.0 Å². The lowest BCUT2D eigenvalue weighted by Crippen LogP contribution is -2.25. The van der Waals surface area contributed by atoms with Gasteiger partial charge < -0.3 is 14.1 Å². The van der Waals surface area contributed by atoms with E-state index in [0.717, 1.165) is 37.2 Å². The molecule has 118 valence electrons. The third-order valence-corrected chi connectivity index (χ3v) is 3.32. The number of ether oxygens (including phenoxy) is 1. The Hall–Kier alpha value is -2.30. The average Bonchev–Trinajstić information content (AvgIpc) is 3.04. The van der Waals surface area contributed by atoms with Crippen LogP contribution in [-0.4, -0.2) is 30.4 Å². The van der Waals surface area contributed by atoms with Gasteiger partial charge in [-0.2, -0.15) is 0 Å².